The summed E-state index contributed by atoms with van der Waals surface area (Å²) in [5.41, 5.74) is 3.42. The third-order valence-corrected chi connectivity index (χ3v) is 6.99. The van der Waals surface area contributed by atoms with Crippen LogP contribution >= 0.6 is 0 Å². The predicted molar refractivity (Wildman–Crippen MR) is 147 cm³/mol. The number of anilines is 1. The third-order valence-electron chi connectivity index (χ3n) is 6.99. The minimum atomic E-state index is 0.00465. The summed E-state index contributed by atoms with van der Waals surface area (Å²) < 4.78 is 6.62. The third kappa shape index (κ3) is 6.74. The molecule has 1 heterocycles. The number of benzene rings is 3. The highest BCUT2D eigenvalue weighted by Crippen LogP contribution is 2.30. The minimum absolute atomic E-state index is 0.00465. The van der Waals surface area contributed by atoms with E-state index in [-0.39, 0.29) is 18.1 Å². The summed E-state index contributed by atoms with van der Waals surface area (Å²) in [6.45, 7) is 5.61. The monoisotopic (exact) mass is 485 g/mol. The largest absolute Gasteiger partial charge is 0.485 e. The van der Waals surface area contributed by atoms with Gasteiger partial charge in [-0.3, -0.25) is 9.69 Å². The summed E-state index contributed by atoms with van der Waals surface area (Å²) in [7, 11) is 1.98. The highest BCUT2D eigenvalue weighted by molar-refractivity contribution is 5.93. The van der Waals surface area contributed by atoms with Crippen LogP contribution in [0, 0.1) is 0 Å². The molecule has 0 saturated carbocycles. The molecule has 36 heavy (non-hydrogen) atoms. The number of hydrogen-bond acceptors (Lipinski definition) is 4. The van der Waals surface area contributed by atoms with E-state index < -0.39 is 0 Å². The summed E-state index contributed by atoms with van der Waals surface area (Å²) in [5, 5.41) is 3.25. The quantitative estimate of drug-likeness (QED) is 0.372. The van der Waals surface area contributed by atoms with Crippen LogP contribution in [0.1, 0.15) is 49.8 Å². The van der Waals surface area contributed by atoms with Gasteiger partial charge in [-0.2, -0.15) is 0 Å². The predicted octanol–water partition coefficient (Wildman–Crippen LogP) is 5.82. The van der Waals surface area contributed by atoms with Crippen LogP contribution in [0.2, 0.25) is 0 Å². The fourth-order valence-corrected chi connectivity index (χ4v) is 5.03. The van der Waals surface area contributed by atoms with Crippen LogP contribution in [-0.2, 0) is 11.3 Å². The number of hydrogen-bond donors (Lipinski definition) is 1. The molecule has 1 aliphatic heterocycles. The van der Waals surface area contributed by atoms with Gasteiger partial charge in [0.15, 0.2) is 0 Å². The van der Waals surface area contributed by atoms with E-state index in [0.29, 0.717) is 6.42 Å². The zero-order chi connectivity index (χ0) is 25.2. The second kappa shape index (κ2) is 13.2. The van der Waals surface area contributed by atoms with E-state index in [1.807, 2.05) is 55.3 Å². The first-order chi connectivity index (χ1) is 17.7. The van der Waals surface area contributed by atoms with Gasteiger partial charge in [-0.25, -0.2) is 0 Å². The smallest absolute Gasteiger partial charge is 0.226 e. The molecule has 1 unspecified atom stereocenters. The topological polar surface area (TPSA) is 44.8 Å². The molecular weight excluding hydrogens is 446 g/mol. The van der Waals surface area contributed by atoms with Crippen LogP contribution in [0.3, 0.4) is 0 Å². The van der Waals surface area contributed by atoms with Gasteiger partial charge in [-0.1, -0.05) is 73.7 Å². The molecule has 1 amide bonds. The number of para-hydroxylation sites is 2. The molecule has 5 heteroatoms. The number of nitrogens with zero attached hydrogens (tertiary/aromatic N) is 2. The van der Waals surface area contributed by atoms with Crippen molar-refractivity contribution in [1.29, 1.82) is 0 Å². The van der Waals surface area contributed by atoms with Crippen molar-refractivity contribution in [2.24, 2.45) is 0 Å². The molecule has 3 aromatic carbocycles. The fourth-order valence-electron chi connectivity index (χ4n) is 5.03. The summed E-state index contributed by atoms with van der Waals surface area (Å²) in [6, 6.07) is 29.3. The Kier molecular flexibility index (Phi) is 9.54. The van der Waals surface area contributed by atoms with Gasteiger partial charge in [-0.05, 0) is 50.2 Å². The van der Waals surface area contributed by atoms with Crippen LogP contribution in [-0.4, -0.2) is 43.5 Å². The van der Waals surface area contributed by atoms with Crippen molar-refractivity contribution in [2.45, 2.75) is 51.3 Å². The van der Waals surface area contributed by atoms with Gasteiger partial charge in [0.2, 0.25) is 5.91 Å². The van der Waals surface area contributed by atoms with Gasteiger partial charge >= 0.3 is 0 Å². The van der Waals surface area contributed by atoms with Crippen molar-refractivity contribution < 1.29 is 9.53 Å². The molecule has 1 saturated heterocycles. The molecule has 190 valence electrons. The molecule has 1 N–H and O–H groups in total. The first-order valence-electron chi connectivity index (χ1n) is 13.2. The first-order valence-corrected chi connectivity index (χ1v) is 13.2. The van der Waals surface area contributed by atoms with E-state index in [2.05, 4.69) is 58.7 Å². The van der Waals surface area contributed by atoms with Gasteiger partial charge in [0, 0.05) is 49.8 Å². The van der Waals surface area contributed by atoms with Gasteiger partial charge in [0.1, 0.15) is 11.9 Å². The second-order valence-corrected chi connectivity index (χ2v) is 9.48. The maximum atomic E-state index is 12.8. The molecular formula is C31H39N3O2. The summed E-state index contributed by atoms with van der Waals surface area (Å²) >= 11 is 0. The Morgan fingerprint density at radius 1 is 0.972 bits per heavy atom. The lowest BCUT2D eigenvalue weighted by Gasteiger charge is -2.38. The average molecular weight is 486 g/mol. The van der Waals surface area contributed by atoms with Crippen LogP contribution < -0.4 is 15.0 Å². The molecule has 0 radical (unpaired) electrons. The number of likely N-dealkylation sites (tertiary alicyclic amines) is 1. The Morgan fingerprint density at radius 2 is 1.61 bits per heavy atom. The molecule has 1 atom stereocenters. The number of amides is 1. The Bertz CT molecular complexity index is 1070. The van der Waals surface area contributed by atoms with Gasteiger partial charge in [0.05, 0.1) is 0 Å². The zero-order valence-corrected chi connectivity index (χ0v) is 21.6. The molecule has 5 nitrogen and oxygen atoms in total. The molecule has 1 aliphatic rings. The summed E-state index contributed by atoms with van der Waals surface area (Å²) in [6.07, 6.45) is 3.37. The number of ether oxygens (including phenoxy) is 1. The standard InChI is InChI=1S/C31H39N3O2/c1-3-31(35)34(27-15-8-5-9-16-27)28-19-22-33(23-20-28)24-26-14-10-11-17-29(26)36-30(18-21-32-2)25-12-6-4-7-13-25/h4-17,28,30,32H,3,18-24H2,1-2H3. The molecule has 0 spiro atoms. The number of piperidine rings is 1. The Hall–Kier alpha value is -3.15. The van der Waals surface area contributed by atoms with Crippen molar-refractivity contribution in [3.05, 3.63) is 96.1 Å². The first kappa shape index (κ1) is 25.9. The Labute approximate surface area is 216 Å². The summed E-state index contributed by atoms with van der Waals surface area (Å²) in [4.78, 5) is 17.3. The van der Waals surface area contributed by atoms with Crippen LogP contribution in [0.5, 0.6) is 5.75 Å². The van der Waals surface area contributed by atoms with Gasteiger partial charge in [-0.15, -0.1) is 0 Å². The molecule has 0 aromatic heterocycles. The lowest BCUT2D eigenvalue weighted by molar-refractivity contribution is -0.119. The molecule has 0 bridgehead atoms. The van der Waals surface area contributed by atoms with E-state index in [1.54, 1.807) is 0 Å². The highest BCUT2D eigenvalue weighted by atomic mass is 16.5. The number of nitrogens with one attached hydrogen (secondary N) is 1. The van der Waals surface area contributed by atoms with Crippen molar-refractivity contribution in [3.8, 4) is 5.75 Å². The van der Waals surface area contributed by atoms with Crippen molar-refractivity contribution in [3.63, 3.8) is 0 Å². The minimum Gasteiger partial charge on any atom is -0.485 e. The van der Waals surface area contributed by atoms with Crippen LogP contribution in [0.25, 0.3) is 0 Å². The molecule has 0 aliphatic carbocycles. The van der Waals surface area contributed by atoms with Crippen LogP contribution in [0.15, 0.2) is 84.9 Å². The normalized spacial score (nSPS) is 15.4. The fraction of sp³-hybridized carbons (Fsp3) is 0.387. The zero-order valence-electron chi connectivity index (χ0n) is 21.6. The van der Waals surface area contributed by atoms with E-state index in [9.17, 15) is 4.79 Å². The van der Waals surface area contributed by atoms with E-state index in [0.717, 1.165) is 56.9 Å². The number of carbonyl (C=O) groups is 1. The Morgan fingerprint density at radius 3 is 2.28 bits per heavy atom. The second-order valence-electron chi connectivity index (χ2n) is 9.48. The van der Waals surface area contributed by atoms with E-state index in [1.165, 1.54) is 11.1 Å². The van der Waals surface area contributed by atoms with E-state index in [4.69, 9.17) is 4.74 Å². The lowest BCUT2D eigenvalue weighted by atomic mass is 10.0. The average Bonchev–Trinajstić information content (AvgIpc) is 2.94. The maximum absolute atomic E-state index is 12.8. The Balaban J connectivity index is 1.42. The number of carbonyl (C=O) groups excluding carboxylic acids is 1. The molecule has 3 aromatic rings. The SMILES string of the molecule is CCC(=O)N(c1ccccc1)C1CCN(Cc2ccccc2OC(CCNC)c2ccccc2)CC1. The van der Waals surface area contributed by atoms with E-state index >= 15 is 0 Å². The van der Waals surface area contributed by atoms with Gasteiger partial charge < -0.3 is 15.0 Å². The summed E-state index contributed by atoms with van der Waals surface area (Å²) in [5.74, 6) is 1.16. The maximum Gasteiger partial charge on any atom is 0.226 e. The van der Waals surface area contributed by atoms with Crippen molar-refractivity contribution >= 4 is 11.6 Å². The lowest BCUT2D eigenvalue weighted by Crippen LogP contribution is -2.47. The van der Waals surface area contributed by atoms with Crippen molar-refractivity contribution in [1.82, 2.24) is 10.2 Å². The highest BCUT2D eigenvalue weighted by Gasteiger charge is 2.28. The molecule has 4 rings (SSSR count). The van der Waals surface area contributed by atoms with Gasteiger partial charge in [0.25, 0.3) is 0 Å². The van der Waals surface area contributed by atoms with Crippen LogP contribution in [0.4, 0.5) is 5.69 Å². The van der Waals surface area contributed by atoms with Crippen molar-refractivity contribution in [2.75, 3.05) is 31.6 Å². The number of rotatable bonds is 11. The molecule has 1 fully saturated rings.